The Hall–Kier alpha value is -0.890. The first-order valence-corrected chi connectivity index (χ1v) is 6.78. The van der Waals surface area contributed by atoms with Gasteiger partial charge in [0.2, 0.25) is 0 Å². The third-order valence-corrected chi connectivity index (χ3v) is 3.17. The van der Waals surface area contributed by atoms with E-state index in [-0.39, 0.29) is 11.4 Å². The zero-order valence-corrected chi connectivity index (χ0v) is 12.3. The summed E-state index contributed by atoms with van der Waals surface area (Å²) in [6.45, 7) is 11.8. The van der Waals surface area contributed by atoms with Crippen molar-refractivity contribution in [2.45, 2.75) is 53.0 Å². The highest BCUT2D eigenvalue weighted by Crippen LogP contribution is 2.17. The number of nitrogens with one attached hydrogen (secondary N) is 1. The van der Waals surface area contributed by atoms with E-state index in [1.165, 1.54) is 11.6 Å². The second-order valence-electron chi connectivity index (χ2n) is 6.35. The van der Waals surface area contributed by atoms with Gasteiger partial charge >= 0.3 is 0 Å². The second-order valence-corrected chi connectivity index (χ2v) is 6.35. The Morgan fingerprint density at radius 3 is 2.56 bits per heavy atom. The summed E-state index contributed by atoms with van der Waals surface area (Å²) in [5.41, 5.74) is 2.50. The van der Waals surface area contributed by atoms with E-state index in [0.29, 0.717) is 5.92 Å². The van der Waals surface area contributed by atoms with Crippen LogP contribution in [-0.4, -0.2) is 12.1 Å². The average Bonchev–Trinajstić information content (AvgIpc) is 2.21. The van der Waals surface area contributed by atoms with Crippen LogP contribution < -0.4 is 5.32 Å². The Morgan fingerprint density at radius 1 is 1.28 bits per heavy atom. The lowest BCUT2D eigenvalue weighted by Crippen LogP contribution is -2.37. The zero-order chi connectivity index (χ0) is 13.8. The molecule has 0 heterocycles. The topological polar surface area (TPSA) is 12.0 Å². The van der Waals surface area contributed by atoms with Gasteiger partial charge in [0.05, 0.1) is 0 Å². The van der Waals surface area contributed by atoms with Gasteiger partial charge in [-0.3, -0.25) is 0 Å². The average molecular weight is 251 g/mol. The van der Waals surface area contributed by atoms with Crippen molar-refractivity contribution < 1.29 is 4.39 Å². The number of hydrogen-bond acceptors (Lipinski definition) is 1. The molecule has 1 aromatic rings. The highest BCUT2D eigenvalue weighted by Gasteiger charge is 2.11. The molecule has 0 saturated heterocycles. The van der Waals surface area contributed by atoms with Gasteiger partial charge in [-0.05, 0) is 76.3 Å². The van der Waals surface area contributed by atoms with E-state index < -0.39 is 0 Å². The van der Waals surface area contributed by atoms with Crippen LogP contribution in [0.5, 0.6) is 0 Å². The van der Waals surface area contributed by atoms with E-state index in [1.54, 1.807) is 6.07 Å². The molecule has 0 aliphatic rings. The van der Waals surface area contributed by atoms with Gasteiger partial charge in [-0.15, -0.1) is 0 Å². The quantitative estimate of drug-likeness (QED) is 0.831. The highest BCUT2D eigenvalue weighted by atomic mass is 19.1. The Kier molecular flexibility index (Phi) is 5.33. The summed E-state index contributed by atoms with van der Waals surface area (Å²) in [6.07, 6.45) is 2.07. The lowest BCUT2D eigenvalue weighted by molar-refractivity contribution is 0.393. The first-order valence-electron chi connectivity index (χ1n) is 6.78. The number of benzene rings is 1. The van der Waals surface area contributed by atoms with Crippen LogP contribution in [0, 0.1) is 18.7 Å². The standard InChI is InChI=1S/C16H26FN/c1-12(8-9-18-16(3,4)5)10-14-11-15(17)7-6-13(14)2/h6-7,11-12,18H,8-10H2,1-5H3. The van der Waals surface area contributed by atoms with Crippen molar-refractivity contribution in [2.75, 3.05) is 6.54 Å². The predicted molar refractivity (Wildman–Crippen MR) is 76.4 cm³/mol. The van der Waals surface area contributed by atoms with Crippen molar-refractivity contribution in [3.05, 3.63) is 35.1 Å². The van der Waals surface area contributed by atoms with Crippen molar-refractivity contribution in [2.24, 2.45) is 5.92 Å². The van der Waals surface area contributed by atoms with Gasteiger partial charge in [0, 0.05) is 5.54 Å². The monoisotopic (exact) mass is 251 g/mol. The summed E-state index contributed by atoms with van der Waals surface area (Å²) in [6, 6.07) is 5.07. The summed E-state index contributed by atoms with van der Waals surface area (Å²) in [5, 5.41) is 3.49. The molecule has 0 aromatic heterocycles. The third kappa shape index (κ3) is 5.63. The molecule has 0 saturated carbocycles. The van der Waals surface area contributed by atoms with Crippen LogP contribution in [0.15, 0.2) is 18.2 Å². The first kappa shape index (κ1) is 15.2. The van der Waals surface area contributed by atoms with E-state index in [9.17, 15) is 4.39 Å². The number of aryl methyl sites for hydroxylation is 1. The Balaban J connectivity index is 2.44. The molecular weight excluding hydrogens is 225 g/mol. The molecule has 0 spiro atoms. The van der Waals surface area contributed by atoms with Gasteiger partial charge in [0.1, 0.15) is 5.82 Å². The SMILES string of the molecule is Cc1ccc(F)cc1CC(C)CCNC(C)(C)C. The van der Waals surface area contributed by atoms with Crippen molar-refractivity contribution in [1.29, 1.82) is 0 Å². The zero-order valence-electron chi connectivity index (χ0n) is 12.3. The van der Waals surface area contributed by atoms with E-state index >= 15 is 0 Å². The Morgan fingerprint density at radius 2 is 1.94 bits per heavy atom. The lowest BCUT2D eigenvalue weighted by Gasteiger charge is -2.22. The molecule has 0 aliphatic heterocycles. The normalized spacial score (nSPS) is 13.7. The van der Waals surface area contributed by atoms with E-state index in [1.807, 2.05) is 6.07 Å². The summed E-state index contributed by atoms with van der Waals surface area (Å²) < 4.78 is 13.2. The van der Waals surface area contributed by atoms with Crippen LogP contribution >= 0.6 is 0 Å². The van der Waals surface area contributed by atoms with E-state index in [2.05, 4.69) is 39.9 Å². The highest BCUT2D eigenvalue weighted by molar-refractivity contribution is 5.26. The van der Waals surface area contributed by atoms with Crippen molar-refractivity contribution in [1.82, 2.24) is 5.32 Å². The summed E-state index contributed by atoms with van der Waals surface area (Å²) in [5.74, 6) is 0.441. The van der Waals surface area contributed by atoms with Crippen LogP contribution in [0.3, 0.4) is 0 Å². The summed E-state index contributed by atoms with van der Waals surface area (Å²) in [7, 11) is 0. The first-order chi connectivity index (χ1) is 8.28. The molecular formula is C16H26FN. The molecule has 0 bridgehead atoms. The fraction of sp³-hybridized carbons (Fsp3) is 0.625. The second kappa shape index (κ2) is 6.33. The van der Waals surface area contributed by atoms with Crippen LogP contribution in [0.2, 0.25) is 0 Å². The summed E-state index contributed by atoms with van der Waals surface area (Å²) in [4.78, 5) is 0. The van der Waals surface area contributed by atoms with E-state index in [0.717, 1.165) is 24.9 Å². The molecule has 1 N–H and O–H groups in total. The minimum absolute atomic E-state index is 0.129. The maximum absolute atomic E-state index is 13.2. The number of rotatable bonds is 5. The van der Waals surface area contributed by atoms with Gasteiger partial charge in [-0.25, -0.2) is 4.39 Å². The largest absolute Gasteiger partial charge is 0.312 e. The molecule has 1 aromatic carbocycles. The van der Waals surface area contributed by atoms with Crippen molar-refractivity contribution in [3.8, 4) is 0 Å². The fourth-order valence-corrected chi connectivity index (χ4v) is 2.03. The molecule has 0 fully saturated rings. The molecule has 1 rings (SSSR count). The van der Waals surface area contributed by atoms with Crippen LogP contribution in [0.25, 0.3) is 0 Å². The molecule has 1 atom stereocenters. The van der Waals surface area contributed by atoms with Gasteiger partial charge in [-0.2, -0.15) is 0 Å². The van der Waals surface area contributed by atoms with Gasteiger partial charge < -0.3 is 5.32 Å². The predicted octanol–water partition coefficient (Wildman–Crippen LogP) is 4.09. The smallest absolute Gasteiger partial charge is 0.123 e. The molecule has 102 valence electrons. The molecule has 0 amide bonds. The Bertz CT molecular complexity index is 379. The minimum Gasteiger partial charge on any atom is -0.312 e. The molecule has 1 unspecified atom stereocenters. The van der Waals surface area contributed by atoms with Crippen LogP contribution in [0.1, 0.15) is 45.2 Å². The van der Waals surface area contributed by atoms with Gasteiger partial charge in [-0.1, -0.05) is 13.0 Å². The van der Waals surface area contributed by atoms with Crippen LogP contribution in [-0.2, 0) is 6.42 Å². The molecule has 0 aliphatic carbocycles. The van der Waals surface area contributed by atoms with Crippen molar-refractivity contribution in [3.63, 3.8) is 0 Å². The number of halogens is 1. The fourth-order valence-electron chi connectivity index (χ4n) is 2.03. The summed E-state index contributed by atoms with van der Waals surface area (Å²) >= 11 is 0. The molecule has 0 radical (unpaired) electrons. The molecule has 1 nitrogen and oxygen atoms in total. The van der Waals surface area contributed by atoms with Crippen molar-refractivity contribution >= 4 is 0 Å². The third-order valence-electron chi connectivity index (χ3n) is 3.17. The van der Waals surface area contributed by atoms with Crippen LogP contribution in [0.4, 0.5) is 4.39 Å². The lowest BCUT2D eigenvalue weighted by atomic mass is 9.94. The van der Waals surface area contributed by atoms with Gasteiger partial charge in [0.15, 0.2) is 0 Å². The molecule has 18 heavy (non-hydrogen) atoms. The Labute approximate surface area is 111 Å². The van der Waals surface area contributed by atoms with E-state index in [4.69, 9.17) is 0 Å². The maximum atomic E-state index is 13.2. The maximum Gasteiger partial charge on any atom is 0.123 e. The van der Waals surface area contributed by atoms with Gasteiger partial charge in [0.25, 0.3) is 0 Å². The minimum atomic E-state index is -0.129. The number of hydrogen-bond donors (Lipinski definition) is 1. The molecule has 2 heteroatoms.